The minimum atomic E-state index is -0.224. The van der Waals surface area contributed by atoms with Gasteiger partial charge in [-0.25, -0.2) is 0 Å². The molecule has 0 heterocycles. The van der Waals surface area contributed by atoms with Crippen molar-refractivity contribution < 1.29 is 9.90 Å². The molecule has 0 aliphatic rings. The summed E-state index contributed by atoms with van der Waals surface area (Å²) in [5.74, 6) is -0.296. The van der Waals surface area contributed by atoms with E-state index in [4.69, 9.17) is 0 Å². The van der Waals surface area contributed by atoms with Crippen LogP contribution in [0.4, 0.5) is 0 Å². The van der Waals surface area contributed by atoms with Crippen molar-refractivity contribution in [2.24, 2.45) is 0 Å². The molecule has 3 heteroatoms. The minimum absolute atomic E-state index is 0.0720. The lowest BCUT2D eigenvalue weighted by atomic mass is 9.92. The molecule has 5 rings (SSSR count). The van der Waals surface area contributed by atoms with Gasteiger partial charge < -0.3 is 5.11 Å². The first-order chi connectivity index (χ1) is 14.6. The van der Waals surface area contributed by atoms with Crippen molar-refractivity contribution in [3.05, 3.63) is 112 Å². The maximum atomic E-state index is 12.3. The lowest BCUT2D eigenvalue weighted by molar-refractivity contribution is 0.104. The predicted octanol–water partition coefficient (Wildman–Crippen LogP) is 7.68. The molecule has 0 unspecified atom stereocenters. The molecule has 5 aromatic carbocycles. The predicted molar refractivity (Wildman–Crippen MR) is 128 cm³/mol. The van der Waals surface area contributed by atoms with Crippen molar-refractivity contribution in [1.82, 2.24) is 0 Å². The van der Waals surface area contributed by atoms with E-state index in [0.717, 1.165) is 15.4 Å². The van der Waals surface area contributed by atoms with Crippen LogP contribution < -0.4 is 0 Å². The second-order valence-corrected chi connectivity index (χ2v) is 8.11. The fraction of sp³-hybridized carbons (Fsp3) is 0. The fourth-order valence-corrected chi connectivity index (χ4v) is 4.44. The molecule has 0 bridgehead atoms. The zero-order chi connectivity index (χ0) is 20.7. The van der Waals surface area contributed by atoms with Crippen LogP contribution in [-0.4, -0.2) is 10.9 Å². The topological polar surface area (TPSA) is 37.3 Å². The summed E-state index contributed by atoms with van der Waals surface area (Å²) in [6.07, 6.45) is 4.67. The highest BCUT2D eigenvalue weighted by atomic mass is 79.9. The zero-order valence-electron chi connectivity index (χ0n) is 16.0. The van der Waals surface area contributed by atoms with E-state index in [1.807, 2.05) is 18.2 Å². The van der Waals surface area contributed by atoms with Crippen molar-refractivity contribution in [3.8, 4) is 0 Å². The number of hydrogen-bond acceptors (Lipinski definition) is 2. The van der Waals surface area contributed by atoms with Crippen molar-refractivity contribution in [2.45, 2.75) is 0 Å². The maximum absolute atomic E-state index is 12.3. The van der Waals surface area contributed by atoms with E-state index in [2.05, 4.69) is 58.4 Å². The van der Waals surface area contributed by atoms with Gasteiger partial charge in [-0.05, 0) is 50.0 Å². The Labute approximate surface area is 182 Å². The summed E-state index contributed by atoms with van der Waals surface area (Å²) in [6, 6.07) is 25.8. The van der Waals surface area contributed by atoms with Crippen LogP contribution in [0, 0.1) is 0 Å². The first kappa shape index (κ1) is 18.6. The van der Waals surface area contributed by atoms with Gasteiger partial charge in [0.15, 0.2) is 5.78 Å². The van der Waals surface area contributed by atoms with Crippen LogP contribution in [0.25, 0.3) is 38.4 Å². The molecule has 0 aliphatic carbocycles. The smallest absolute Gasteiger partial charge is 0.189 e. The first-order valence-electron chi connectivity index (χ1n) is 9.66. The Morgan fingerprint density at radius 1 is 0.767 bits per heavy atom. The van der Waals surface area contributed by atoms with Gasteiger partial charge >= 0.3 is 0 Å². The standard InChI is InChI=1S/C27H17BrO2/c28-24-15-11-20-9-13-22-17(6-7-19-10-14-23(24)27(20)26(19)22)8-12-21(29)16-25(30)18-4-2-1-3-5-18/h1-16,29H. The Morgan fingerprint density at radius 3 is 2.17 bits per heavy atom. The zero-order valence-corrected chi connectivity index (χ0v) is 17.6. The number of allylic oxidation sites excluding steroid dienone is 2. The summed E-state index contributed by atoms with van der Waals surface area (Å²) in [5.41, 5.74) is 1.54. The maximum Gasteiger partial charge on any atom is 0.189 e. The second-order valence-electron chi connectivity index (χ2n) is 7.26. The van der Waals surface area contributed by atoms with Gasteiger partial charge in [-0.15, -0.1) is 0 Å². The lowest BCUT2D eigenvalue weighted by Crippen LogP contribution is -1.95. The number of ketones is 1. The molecule has 0 amide bonds. The normalized spacial score (nSPS) is 12.5. The third kappa shape index (κ3) is 3.17. The van der Waals surface area contributed by atoms with Crippen LogP contribution in [-0.2, 0) is 0 Å². The molecule has 30 heavy (non-hydrogen) atoms. The van der Waals surface area contributed by atoms with E-state index in [9.17, 15) is 9.90 Å². The number of carbonyl (C=O) groups is 1. The number of hydrogen-bond donors (Lipinski definition) is 1. The molecule has 5 aromatic rings. The average molecular weight is 453 g/mol. The molecule has 0 saturated carbocycles. The number of benzene rings is 5. The van der Waals surface area contributed by atoms with E-state index < -0.39 is 0 Å². The van der Waals surface area contributed by atoms with E-state index in [0.29, 0.717) is 5.56 Å². The summed E-state index contributed by atoms with van der Waals surface area (Å²) < 4.78 is 1.07. The van der Waals surface area contributed by atoms with Crippen LogP contribution in [0.5, 0.6) is 0 Å². The average Bonchev–Trinajstić information content (AvgIpc) is 2.78. The molecule has 0 aliphatic heterocycles. The van der Waals surface area contributed by atoms with Crippen LogP contribution in [0.1, 0.15) is 15.9 Å². The van der Waals surface area contributed by atoms with Gasteiger partial charge in [0.25, 0.3) is 0 Å². The van der Waals surface area contributed by atoms with E-state index in [1.165, 1.54) is 33.0 Å². The van der Waals surface area contributed by atoms with Crippen molar-refractivity contribution in [3.63, 3.8) is 0 Å². The van der Waals surface area contributed by atoms with Crippen LogP contribution in [0.15, 0.2) is 101 Å². The van der Waals surface area contributed by atoms with Gasteiger partial charge in [0.2, 0.25) is 0 Å². The summed E-state index contributed by atoms with van der Waals surface area (Å²) in [4.78, 5) is 12.3. The molecule has 144 valence electrons. The van der Waals surface area contributed by atoms with Gasteiger partial charge in [0.1, 0.15) is 5.76 Å². The molecule has 0 saturated heterocycles. The molecular formula is C27H17BrO2. The summed E-state index contributed by atoms with van der Waals surface area (Å²) >= 11 is 3.67. The number of halogens is 1. The lowest BCUT2D eigenvalue weighted by Gasteiger charge is -2.13. The largest absolute Gasteiger partial charge is 0.508 e. The molecular weight excluding hydrogens is 436 g/mol. The number of carbonyl (C=O) groups excluding carboxylic acids is 1. The van der Waals surface area contributed by atoms with Crippen LogP contribution in [0.2, 0.25) is 0 Å². The van der Waals surface area contributed by atoms with Gasteiger partial charge in [-0.1, -0.05) is 94.8 Å². The Hall–Kier alpha value is -3.43. The highest BCUT2D eigenvalue weighted by Crippen LogP contribution is 2.39. The highest BCUT2D eigenvalue weighted by Gasteiger charge is 2.11. The number of rotatable bonds is 4. The quantitative estimate of drug-likeness (QED) is 0.0996. The number of aliphatic hydroxyl groups is 1. The van der Waals surface area contributed by atoms with Gasteiger partial charge in [-0.3, -0.25) is 4.79 Å². The molecule has 0 radical (unpaired) electrons. The third-order valence-electron chi connectivity index (χ3n) is 5.42. The van der Waals surface area contributed by atoms with Crippen LogP contribution >= 0.6 is 15.9 Å². The highest BCUT2D eigenvalue weighted by molar-refractivity contribution is 9.10. The van der Waals surface area contributed by atoms with Gasteiger partial charge in [0.05, 0.1) is 0 Å². The summed E-state index contributed by atoms with van der Waals surface area (Å²) in [5, 5.41) is 17.4. The molecule has 0 atom stereocenters. The number of aliphatic hydroxyl groups excluding tert-OH is 1. The molecule has 2 nitrogen and oxygen atoms in total. The Bertz CT molecular complexity index is 1460. The SMILES string of the molecule is O=C(C=C(O)C=Cc1ccc2ccc3c(Br)ccc4ccc1c2c43)c1ccccc1. The van der Waals surface area contributed by atoms with Crippen molar-refractivity contribution >= 4 is 60.1 Å². The Morgan fingerprint density at radius 2 is 1.40 bits per heavy atom. The Balaban J connectivity index is 1.59. The van der Waals surface area contributed by atoms with Gasteiger partial charge in [-0.2, -0.15) is 0 Å². The third-order valence-corrected chi connectivity index (χ3v) is 6.11. The van der Waals surface area contributed by atoms with Crippen molar-refractivity contribution in [2.75, 3.05) is 0 Å². The second kappa shape index (κ2) is 7.43. The summed E-state index contributed by atoms with van der Waals surface area (Å²) in [7, 11) is 0. The molecule has 0 spiro atoms. The molecule has 0 aromatic heterocycles. The minimum Gasteiger partial charge on any atom is -0.508 e. The fourth-order valence-electron chi connectivity index (χ4n) is 3.98. The van der Waals surface area contributed by atoms with E-state index in [-0.39, 0.29) is 11.5 Å². The summed E-state index contributed by atoms with van der Waals surface area (Å²) in [6.45, 7) is 0. The Kier molecular flexibility index (Phi) is 4.61. The van der Waals surface area contributed by atoms with Crippen molar-refractivity contribution in [1.29, 1.82) is 0 Å². The molecule has 1 N–H and O–H groups in total. The van der Waals surface area contributed by atoms with E-state index in [1.54, 1.807) is 30.3 Å². The van der Waals surface area contributed by atoms with Crippen LogP contribution in [0.3, 0.4) is 0 Å². The molecule has 0 fully saturated rings. The first-order valence-corrected chi connectivity index (χ1v) is 10.5. The monoisotopic (exact) mass is 452 g/mol. The van der Waals surface area contributed by atoms with E-state index >= 15 is 0 Å². The van der Waals surface area contributed by atoms with Gasteiger partial charge in [0, 0.05) is 16.1 Å².